The summed E-state index contributed by atoms with van der Waals surface area (Å²) >= 11 is 0. The molecule has 3 unspecified atom stereocenters. The molecule has 0 amide bonds. The van der Waals surface area contributed by atoms with Crippen LogP contribution in [0.25, 0.3) is 0 Å². The lowest BCUT2D eigenvalue weighted by atomic mass is 9.85. The zero-order chi connectivity index (χ0) is 12.3. The van der Waals surface area contributed by atoms with Gasteiger partial charge in [0.2, 0.25) is 0 Å². The average Bonchev–Trinajstić information content (AvgIpc) is 3.11. The number of hydrogen-bond acceptors (Lipinski definition) is 0. The standard InChI is InChI=1S/C17H24/c1-4-6-8-14(7-5-2)13(3)15-9-10-16-12-17(16)11-15/h5-8,11,13,16-17H,2,4,9-10,12H2,1,3H3/b8-6-,14-7+. The molecule has 0 aromatic carbocycles. The van der Waals surface area contributed by atoms with Crippen LogP contribution in [-0.2, 0) is 0 Å². The SMILES string of the molecule is C=C/C=C(\C=C/CC)C(C)C1=CC2CC2CC1. The second-order valence-corrected chi connectivity index (χ2v) is 5.37. The Hall–Kier alpha value is -1.04. The Morgan fingerprint density at radius 2 is 2.41 bits per heavy atom. The molecule has 0 heterocycles. The largest absolute Gasteiger partial charge is 0.0991 e. The Kier molecular flexibility index (Phi) is 4.04. The molecule has 2 aliphatic carbocycles. The summed E-state index contributed by atoms with van der Waals surface area (Å²) in [6.45, 7) is 8.35. The molecule has 0 bridgehead atoms. The van der Waals surface area contributed by atoms with E-state index < -0.39 is 0 Å². The van der Waals surface area contributed by atoms with Crippen molar-refractivity contribution in [3.63, 3.8) is 0 Å². The van der Waals surface area contributed by atoms with E-state index in [4.69, 9.17) is 0 Å². The van der Waals surface area contributed by atoms with Crippen molar-refractivity contribution in [2.24, 2.45) is 17.8 Å². The van der Waals surface area contributed by atoms with E-state index in [-0.39, 0.29) is 0 Å². The lowest BCUT2D eigenvalue weighted by molar-refractivity contribution is 0.610. The van der Waals surface area contributed by atoms with Gasteiger partial charge >= 0.3 is 0 Å². The predicted molar refractivity (Wildman–Crippen MR) is 75.8 cm³/mol. The minimum absolute atomic E-state index is 0.567. The third kappa shape index (κ3) is 3.00. The molecular weight excluding hydrogens is 204 g/mol. The van der Waals surface area contributed by atoms with Gasteiger partial charge in [-0.05, 0) is 43.1 Å². The Bertz CT molecular complexity index is 367. The molecule has 92 valence electrons. The van der Waals surface area contributed by atoms with Crippen molar-refractivity contribution in [3.8, 4) is 0 Å². The molecule has 2 aliphatic rings. The van der Waals surface area contributed by atoms with Gasteiger partial charge in [0.25, 0.3) is 0 Å². The molecule has 0 aromatic heterocycles. The number of rotatable bonds is 5. The first-order valence-corrected chi connectivity index (χ1v) is 6.96. The fourth-order valence-corrected chi connectivity index (χ4v) is 2.83. The second kappa shape index (κ2) is 5.53. The topological polar surface area (TPSA) is 0 Å². The molecule has 0 aromatic rings. The van der Waals surface area contributed by atoms with Crippen LogP contribution in [0.15, 0.2) is 48.1 Å². The van der Waals surface area contributed by atoms with Gasteiger partial charge < -0.3 is 0 Å². The Morgan fingerprint density at radius 1 is 1.59 bits per heavy atom. The van der Waals surface area contributed by atoms with Gasteiger partial charge in [-0.2, -0.15) is 0 Å². The van der Waals surface area contributed by atoms with Crippen molar-refractivity contribution in [3.05, 3.63) is 48.1 Å². The number of fused-ring (bicyclic) bond motifs is 1. The van der Waals surface area contributed by atoms with Gasteiger partial charge in [0.15, 0.2) is 0 Å². The van der Waals surface area contributed by atoms with E-state index >= 15 is 0 Å². The maximum Gasteiger partial charge on any atom is 0.00197 e. The predicted octanol–water partition coefficient (Wildman–Crippen LogP) is 5.06. The summed E-state index contributed by atoms with van der Waals surface area (Å²) in [6, 6.07) is 0. The van der Waals surface area contributed by atoms with Crippen LogP contribution in [0, 0.1) is 17.8 Å². The molecule has 0 heteroatoms. The summed E-state index contributed by atoms with van der Waals surface area (Å²) in [6.07, 6.45) is 16.4. The molecule has 1 fully saturated rings. The smallest absolute Gasteiger partial charge is 0.00197 e. The quantitative estimate of drug-likeness (QED) is 0.456. The van der Waals surface area contributed by atoms with E-state index in [1.165, 1.54) is 24.8 Å². The van der Waals surface area contributed by atoms with Gasteiger partial charge in [-0.25, -0.2) is 0 Å². The molecule has 2 rings (SSSR count). The minimum atomic E-state index is 0.567. The van der Waals surface area contributed by atoms with Crippen LogP contribution >= 0.6 is 0 Å². The van der Waals surface area contributed by atoms with E-state index in [9.17, 15) is 0 Å². The highest BCUT2D eigenvalue weighted by Gasteiger charge is 2.38. The lowest BCUT2D eigenvalue weighted by Gasteiger charge is -2.20. The maximum absolute atomic E-state index is 3.83. The van der Waals surface area contributed by atoms with E-state index in [1.54, 1.807) is 5.57 Å². The Labute approximate surface area is 106 Å². The summed E-state index contributed by atoms with van der Waals surface area (Å²) in [5, 5.41) is 0. The molecular formula is C17H24. The molecule has 0 spiro atoms. The summed E-state index contributed by atoms with van der Waals surface area (Å²) in [5.74, 6) is 2.52. The molecule has 0 N–H and O–H groups in total. The van der Waals surface area contributed by atoms with Crippen molar-refractivity contribution >= 4 is 0 Å². The van der Waals surface area contributed by atoms with Crippen LogP contribution in [0.1, 0.15) is 39.5 Å². The summed E-state index contributed by atoms with van der Waals surface area (Å²) in [5.41, 5.74) is 3.06. The average molecular weight is 228 g/mol. The Balaban J connectivity index is 2.10. The minimum Gasteiger partial charge on any atom is -0.0991 e. The molecule has 3 atom stereocenters. The van der Waals surface area contributed by atoms with Crippen LogP contribution in [0.2, 0.25) is 0 Å². The Morgan fingerprint density at radius 3 is 3.06 bits per heavy atom. The van der Waals surface area contributed by atoms with E-state index in [2.05, 4.69) is 44.7 Å². The van der Waals surface area contributed by atoms with Crippen molar-refractivity contribution in [2.75, 3.05) is 0 Å². The molecule has 0 nitrogen and oxygen atoms in total. The third-order valence-electron chi connectivity index (χ3n) is 4.12. The first kappa shape index (κ1) is 12.4. The summed E-state index contributed by atoms with van der Waals surface area (Å²) in [7, 11) is 0. The van der Waals surface area contributed by atoms with E-state index in [0.717, 1.165) is 18.3 Å². The van der Waals surface area contributed by atoms with Gasteiger partial charge in [0, 0.05) is 5.92 Å². The molecule has 0 saturated heterocycles. The molecule has 0 radical (unpaired) electrons. The van der Waals surface area contributed by atoms with Crippen molar-refractivity contribution in [1.82, 2.24) is 0 Å². The van der Waals surface area contributed by atoms with E-state index in [1.807, 2.05) is 6.08 Å². The van der Waals surface area contributed by atoms with E-state index in [0.29, 0.717) is 5.92 Å². The summed E-state index contributed by atoms with van der Waals surface area (Å²) in [4.78, 5) is 0. The normalized spacial score (nSPS) is 29.8. The highest BCUT2D eigenvalue weighted by Crippen LogP contribution is 2.49. The van der Waals surface area contributed by atoms with Gasteiger partial charge in [0.1, 0.15) is 0 Å². The fourth-order valence-electron chi connectivity index (χ4n) is 2.83. The monoisotopic (exact) mass is 228 g/mol. The van der Waals surface area contributed by atoms with Gasteiger partial charge in [-0.1, -0.05) is 56.4 Å². The lowest BCUT2D eigenvalue weighted by Crippen LogP contribution is -2.06. The van der Waals surface area contributed by atoms with Gasteiger partial charge in [-0.3, -0.25) is 0 Å². The van der Waals surface area contributed by atoms with Crippen molar-refractivity contribution in [1.29, 1.82) is 0 Å². The van der Waals surface area contributed by atoms with Crippen LogP contribution in [0.5, 0.6) is 0 Å². The second-order valence-electron chi connectivity index (χ2n) is 5.37. The van der Waals surface area contributed by atoms with Gasteiger partial charge in [-0.15, -0.1) is 0 Å². The number of hydrogen-bond donors (Lipinski definition) is 0. The highest BCUT2D eigenvalue weighted by molar-refractivity contribution is 5.33. The molecule has 0 aliphatic heterocycles. The van der Waals surface area contributed by atoms with Crippen LogP contribution in [0.3, 0.4) is 0 Å². The van der Waals surface area contributed by atoms with Crippen molar-refractivity contribution in [2.45, 2.75) is 39.5 Å². The number of allylic oxidation sites excluding steroid dienone is 7. The highest BCUT2D eigenvalue weighted by atomic mass is 14.4. The summed E-state index contributed by atoms with van der Waals surface area (Å²) < 4.78 is 0. The molecule has 1 saturated carbocycles. The van der Waals surface area contributed by atoms with Crippen LogP contribution < -0.4 is 0 Å². The van der Waals surface area contributed by atoms with Crippen LogP contribution in [-0.4, -0.2) is 0 Å². The first-order valence-electron chi connectivity index (χ1n) is 6.96. The molecule has 17 heavy (non-hydrogen) atoms. The maximum atomic E-state index is 3.83. The van der Waals surface area contributed by atoms with Crippen molar-refractivity contribution < 1.29 is 0 Å². The van der Waals surface area contributed by atoms with Crippen LogP contribution in [0.4, 0.5) is 0 Å². The zero-order valence-corrected chi connectivity index (χ0v) is 11.2. The fraction of sp³-hybridized carbons (Fsp3) is 0.529. The van der Waals surface area contributed by atoms with Gasteiger partial charge in [0.05, 0.1) is 0 Å². The zero-order valence-electron chi connectivity index (χ0n) is 11.2. The first-order chi connectivity index (χ1) is 8.26. The third-order valence-corrected chi connectivity index (χ3v) is 4.12.